The molecule has 0 saturated heterocycles. The van der Waals surface area contributed by atoms with Crippen molar-refractivity contribution < 1.29 is 14.3 Å². The molecule has 2 aromatic carbocycles. The van der Waals surface area contributed by atoms with Gasteiger partial charge in [-0.1, -0.05) is 67.2 Å². The predicted octanol–water partition coefficient (Wildman–Crippen LogP) is 3.51. The quantitative estimate of drug-likeness (QED) is 0.478. The summed E-state index contributed by atoms with van der Waals surface area (Å²) in [5, 5.41) is 0. The van der Waals surface area contributed by atoms with Gasteiger partial charge in [0.05, 0.1) is 0 Å². The summed E-state index contributed by atoms with van der Waals surface area (Å²) in [5.41, 5.74) is -0.472. The molecule has 0 N–H and O–H groups in total. The number of rotatable bonds is 5. The summed E-state index contributed by atoms with van der Waals surface area (Å²) in [4.78, 5) is 24.4. The third-order valence-corrected chi connectivity index (χ3v) is 3.17. The van der Waals surface area contributed by atoms with E-state index in [0.717, 1.165) is 0 Å². The van der Waals surface area contributed by atoms with Crippen LogP contribution in [0.5, 0.6) is 0 Å². The molecule has 0 radical (unpaired) electrons. The van der Waals surface area contributed by atoms with Crippen LogP contribution in [0, 0.1) is 0 Å². The van der Waals surface area contributed by atoms with Gasteiger partial charge in [0, 0.05) is 18.1 Å². The zero-order chi connectivity index (χ0) is 15.3. The Hall–Kier alpha value is -2.68. The number of ketones is 1. The molecule has 0 bridgehead atoms. The number of carbonyl (C=O) groups excluding carboxylic acids is 2. The van der Waals surface area contributed by atoms with E-state index in [2.05, 4.69) is 6.58 Å². The van der Waals surface area contributed by atoms with Crippen LogP contribution in [0.15, 0.2) is 73.3 Å². The van der Waals surface area contributed by atoms with Crippen molar-refractivity contribution in [3.8, 4) is 0 Å². The Morgan fingerprint density at radius 3 is 2.00 bits per heavy atom. The molecule has 2 aromatic rings. The number of carbonyl (C=O) groups is 2. The Kier molecular flexibility index (Phi) is 4.33. The van der Waals surface area contributed by atoms with Gasteiger partial charge in [0.15, 0.2) is 0 Å². The van der Waals surface area contributed by atoms with E-state index in [1.807, 2.05) is 12.1 Å². The van der Waals surface area contributed by atoms with Crippen molar-refractivity contribution in [3.05, 3.63) is 84.4 Å². The summed E-state index contributed by atoms with van der Waals surface area (Å²) in [6, 6.07) is 17.6. The molecule has 106 valence electrons. The van der Waals surface area contributed by atoms with Crippen LogP contribution in [-0.2, 0) is 15.1 Å². The normalized spacial score (nSPS) is 13.0. The van der Waals surface area contributed by atoms with Crippen LogP contribution >= 0.6 is 0 Å². The summed E-state index contributed by atoms with van der Waals surface area (Å²) in [6.45, 7) is 4.99. The molecule has 0 aliphatic heterocycles. The number of hydrogen-bond acceptors (Lipinski definition) is 3. The van der Waals surface area contributed by atoms with Gasteiger partial charge in [0.25, 0.3) is 0 Å². The Morgan fingerprint density at radius 1 is 1.00 bits per heavy atom. The highest BCUT2D eigenvalue weighted by molar-refractivity contribution is 6.05. The molecule has 0 saturated carbocycles. The molecular formula is C18H16O3. The minimum atomic E-state index is -1.51. The van der Waals surface area contributed by atoms with E-state index in [0.29, 0.717) is 11.1 Å². The zero-order valence-electron chi connectivity index (χ0n) is 11.8. The second-order valence-electron chi connectivity index (χ2n) is 4.59. The molecule has 1 unspecified atom stereocenters. The van der Waals surface area contributed by atoms with Crippen LogP contribution in [0.25, 0.3) is 0 Å². The summed E-state index contributed by atoms with van der Waals surface area (Å²) >= 11 is 0. The molecule has 0 aliphatic rings. The number of ether oxygens (including phenoxy) is 1. The van der Waals surface area contributed by atoms with Crippen LogP contribution in [0.1, 0.15) is 22.8 Å². The lowest BCUT2D eigenvalue weighted by Crippen LogP contribution is -2.38. The van der Waals surface area contributed by atoms with Crippen molar-refractivity contribution in [2.75, 3.05) is 0 Å². The fourth-order valence-corrected chi connectivity index (χ4v) is 2.21. The SMILES string of the molecule is C=CC(OC(C)=O)(C(=O)c1ccccc1)c1ccccc1. The molecule has 3 nitrogen and oxygen atoms in total. The third-order valence-electron chi connectivity index (χ3n) is 3.17. The van der Waals surface area contributed by atoms with Crippen molar-refractivity contribution in [1.82, 2.24) is 0 Å². The molecule has 21 heavy (non-hydrogen) atoms. The number of hydrogen-bond donors (Lipinski definition) is 0. The predicted molar refractivity (Wildman–Crippen MR) is 80.9 cm³/mol. The van der Waals surface area contributed by atoms with Crippen molar-refractivity contribution in [2.45, 2.75) is 12.5 Å². The molecule has 1 atom stereocenters. The zero-order valence-corrected chi connectivity index (χ0v) is 11.8. The van der Waals surface area contributed by atoms with E-state index in [-0.39, 0.29) is 5.78 Å². The fraction of sp³-hybridized carbons (Fsp3) is 0.111. The lowest BCUT2D eigenvalue weighted by molar-refractivity contribution is -0.149. The summed E-state index contributed by atoms with van der Waals surface area (Å²) in [7, 11) is 0. The molecule has 3 heteroatoms. The molecule has 0 aliphatic carbocycles. The van der Waals surface area contributed by atoms with Crippen molar-refractivity contribution in [1.29, 1.82) is 0 Å². The van der Waals surface area contributed by atoms with E-state index in [1.165, 1.54) is 13.0 Å². The highest BCUT2D eigenvalue weighted by Crippen LogP contribution is 2.31. The van der Waals surface area contributed by atoms with E-state index < -0.39 is 11.6 Å². The van der Waals surface area contributed by atoms with Gasteiger partial charge in [0.1, 0.15) is 0 Å². The number of esters is 1. The van der Waals surface area contributed by atoms with E-state index in [4.69, 9.17) is 4.74 Å². The first-order chi connectivity index (χ1) is 10.1. The fourth-order valence-electron chi connectivity index (χ4n) is 2.21. The monoisotopic (exact) mass is 280 g/mol. The minimum Gasteiger partial charge on any atom is -0.441 e. The second kappa shape index (κ2) is 6.18. The molecule has 0 heterocycles. The lowest BCUT2D eigenvalue weighted by Gasteiger charge is -2.29. The first-order valence-electron chi connectivity index (χ1n) is 6.58. The highest BCUT2D eigenvalue weighted by Gasteiger charge is 2.41. The highest BCUT2D eigenvalue weighted by atomic mass is 16.6. The van der Waals surface area contributed by atoms with Crippen LogP contribution in [0.4, 0.5) is 0 Å². The smallest absolute Gasteiger partial charge is 0.304 e. The molecular weight excluding hydrogens is 264 g/mol. The first-order valence-corrected chi connectivity index (χ1v) is 6.58. The maximum absolute atomic E-state index is 12.9. The summed E-state index contributed by atoms with van der Waals surface area (Å²) in [5.74, 6) is -0.859. The van der Waals surface area contributed by atoms with Gasteiger partial charge < -0.3 is 4.74 Å². The van der Waals surface area contributed by atoms with Crippen LogP contribution in [0.3, 0.4) is 0 Å². The maximum atomic E-state index is 12.9. The standard InChI is InChI=1S/C18H16O3/c1-3-18(21-14(2)19,16-12-8-5-9-13-16)17(20)15-10-6-4-7-11-15/h3-13H,1H2,2H3. The Balaban J connectivity index is 2.58. The molecule has 0 aromatic heterocycles. The van der Waals surface area contributed by atoms with Crippen molar-refractivity contribution in [2.24, 2.45) is 0 Å². The van der Waals surface area contributed by atoms with E-state index in [1.54, 1.807) is 48.5 Å². The lowest BCUT2D eigenvalue weighted by atomic mass is 9.85. The largest absolute Gasteiger partial charge is 0.441 e. The number of Topliss-reactive ketones (excluding diaryl/α,β-unsaturated/α-hetero) is 1. The Labute approximate surface area is 123 Å². The third kappa shape index (κ3) is 2.92. The van der Waals surface area contributed by atoms with Gasteiger partial charge >= 0.3 is 5.97 Å². The van der Waals surface area contributed by atoms with Crippen molar-refractivity contribution in [3.63, 3.8) is 0 Å². The Bertz CT molecular complexity index is 647. The van der Waals surface area contributed by atoms with Gasteiger partial charge in [-0.3, -0.25) is 9.59 Å². The minimum absolute atomic E-state index is 0.320. The molecule has 0 fully saturated rings. The van der Waals surface area contributed by atoms with Crippen LogP contribution < -0.4 is 0 Å². The molecule has 0 amide bonds. The van der Waals surface area contributed by atoms with Gasteiger partial charge in [0.2, 0.25) is 11.4 Å². The molecule has 2 rings (SSSR count). The van der Waals surface area contributed by atoms with E-state index >= 15 is 0 Å². The topological polar surface area (TPSA) is 43.4 Å². The van der Waals surface area contributed by atoms with Crippen LogP contribution in [0.2, 0.25) is 0 Å². The number of benzene rings is 2. The summed E-state index contributed by atoms with van der Waals surface area (Å²) in [6.07, 6.45) is 1.37. The van der Waals surface area contributed by atoms with E-state index in [9.17, 15) is 9.59 Å². The Morgan fingerprint density at radius 2 is 1.52 bits per heavy atom. The summed E-state index contributed by atoms with van der Waals surface area (Å²) < 4.78 is 5.38. The molecule has 0 spiro atoms. The second-order valence-corrected chi connectivity index (χ2v) is 4.59. The first kappa shape index (κ1) is 14.7. The van der Waals surface area contributed by atoms with Gasteiger partial charge in [-0.15, -0.1) is 0 Å². The van der Waals surface area contributed by atoms with Crippen molar-refractivity contribution >= 4 is 11.8 Å². The maximum Gasteiger partial charge on any atom is 0.304 e. The van der Waals surface area contributed by atoms with Gasteiger partial charge in [-0.25, -0.2) is 0 Å². The van der Waals surface area contributed by atoms with Gasteiger partial charge in [-0.2, -0.15) is 0 Å². The van der Waals surface area contributed by atoms with Gasteiger partial charge in [-0.05, 0) is 6.08 Å². The average molecular weight is 280 g/mol. The average Bonchev–Trinajstić information content (AvgIpc) is 2.53. The van der Waals surface area contributed by atoms with Crippen LogP contribution in [-0.4, -0.2) is 11.8 Å².